The molecule has 0 aliphatic heterocycles. The third-order valence-corrected chi connectivity index (χ3v) is 2.24. The summed E-state index contributed by atoms with van der Waals surface area (Å²) in [7, 11) is 0. The van der Waals surface area contributed by atoms with E-state index in [-0.39, 0.29) is 0 Å². The fraction of sp³-hybridized carbons (Fsp3) is 0.583. The van der Waals surface area contributed by atoms with Gasteiger partial charge >= 0.3 is 0 Å². The number of ether oxygens (including phenoxy) is 1. The number of unbranched alkanes of at least 4 members (excludes halogenated alkanes) is 1. The van der Waals surface area contributed by atoms with Crippen LogP contribution in [0.5, 0.6) is 0 Å². The van der Waals surface area contributed by atoms with Crippen LogP contribution in [0.15, 0.2) is 25.0 Å². The molecule has 0 aromatic carbocycles. The van der Waals surface area contributed by atoms with Crippen molar-refractivity contribution in [1.82, 2.24) is 9.55 Å². The molecule has 1 N–H and O–H groups in total. The first-order chi connectivity index (χ1) is 7.88. The first-order valence-corrected chi connectivity index (χ1v) is 5.82. The van der Waals surface area contributed by atoms with Gasteiger partial charge in [-0.2, -0.15) is 0 Å². The van der Waals surface area contributed by atoms with Crippen LogP contribution < -0.4 is 5.32 Å². The van der Waals surface area contributed by atoms with E-state index in [9.17, 15) is 0 Å². The van der Waals surface area contributed by atoms with Crippen molar-refractivity contribution in [2.45, 2.75) is 26.3 Å². The lowest BCUT2D eigenvalue weighted by Crippen LogP contribution is -2.11. The number of imidazole rings is 1. The van der Waals surface area contributed by atoms with E-state index >= 15 is 0 Å². The van der Waals surface area contributed by atoms with Gasteiger partial charge < -0.3 is 14.6 Å². The standard InChI is InChI=1S/C12H21N3O/c1-3-5-10-16-11-9-15-8-7-14-12(15)13-6-4-2/h4,7-8H,2-3,5-6,9-11H2,1H3,(H,13,14). The summed E-state index contributed by atoms with van der Waals surface area (Å²) in [4.78, 5) is 4.22. The predicted octanol–water partition coefficient (Wildman–Crippen LogP) is 2.30. The van der Waals surface area contributed by atoms with Gasteiger partial charge in [-0.1, -0.05) is 19.4 Å². The van der Waals surface area contributed by atoms with E-state index in [1.807, 2.05) is 12.3 Å². The molecule has 0 atom stereocenters. The zero-order chi connectivity index (χ0) is 11.6. The maximum atomic E-state index is 5.51. The minimum atomic E-state index is 0.730. The van der Waals surface area contributed by atoms with Gasteiger partial charge in [0, 0.05) is 32.1 Å². The van der Waals surface area contributed by atoms with E-state index in [0.29, 0.717) is 0 Å². The Kier molecular flexibility index (Phi) is 6.33. The van der Waals surface area contributed by atoms with Crippen molar-refractivity contribution < 1.29 is 4.74 Å². The SMILES string of the molecule is C=CCNc1nccn1CCOCCCC. The first kappa shape index (κ1) is 12.8. The summed E-state index contributed by atoms with van der Waals surface area (Å²) in [5.41, 5.74) is 0. The molecule has 4 nitrogen and oxygen atoms in total. The summed E-state index contributed by atoms with van der Waals surface area (Å²) in [5.74, 6) is 0.874. The average Bonchev–Trinajstić information content (AvgIpc) is 2.74. The Morgan fingerprint density at radius 3 is 3.19 bits per heavy atom. The largest absolute Gasteiger partial charge is 0.380 e. The van der Waals surface area contributed by atoms with E-state index < -0.39 is 0 Å². The summed E-state index contributed by atoms with van der Waals surface area (Å²) < 4.78 is 7.56. The van der Waals surface area contributed by atoms with Crippen LogP contribution in [0.3, 0.4) is 0 Å². The minimum Gasteiger partial charge on any atom is -0.380 e. The second kappa shape index (κ2) is 7.93. The first-order valence-electron chi connectivity index (χ1n) is 5.82. The van der Waals surface area contributed by atoms with Crippen molar-refractivity contribution >= 4 is 5.95 Å². The van der Waals surface area contributed by atoms with Crippen LogP contribution in [0.1, 0.15) is 19.8 Å². The van der Waals surface area contributed by atoms with Crippen molar-refractivity contribution in [1.29, 1.82) is 0 Å². The normalized spacial score (nSPS) is 10.3. The summed E-state index contributed by atoms with van der Waals surface area (Å²) >= 11 is 0. The van der Waals surface area contributed by atoms with E-state index in [1.165, 1.54) is 6.42 Å². The highest BCUT2D eigenvalue weighted by Crippen LogP contribution is 2.03. The third-order valence-electron chi connectivity index (χ3n) is 2.24. The van der Waals surface area contributed by atoms with Crippen molar-refractivity contribution in [3.05, 3.63) is 25.0 Å². The summed E-state index contributed by atoms with van der Waals surface area (Å²) in [6.45, 7) is 8.97. The molecule has 1 aromatic rings. The summed E-state index contributed by atoms with van der Waals surface area (Å²) in [5, 5.41) is 3.17. The molecule has 16 heavy (non-hydrogen) atoms. The molecular weight excluding hydrogens is 202 g/mol. The van der Waals surface area contributed by atoms with Gasteiger partial charge in [0.05, 0.1) is 6.61 Å². The van der Waals surface area contributed by atoms with Crippen LogP contribution in [0.4, 0.5) is 5.95 Å². The van der Waals surface area contributed by atoms with Crippen molar-refractivity contribution in [2.24, 2.45) is 0 Å². The quantitative estimate of drug-likeness (QED) is 0.516. The Hall–Kier alpha value is -1.29. The average molecular weight is 223 g/mol. The highest BCUT2D eigenvalue weighted by atomic mass is 16.5. The Morgan fingerprint density at radius 2 is 2.44 bits per heavy atom. The monoisotopic (exact) mass is 223 g/mol. The van der Waals surface area contributed by atoms with Gasteiger partial charge in [0.15, 0.2) is 0 Å². The molecule has 0 fully saturated rings. The number of rotatable bonds is 9. The van der Waals surface area contributed by atoms with Crippen molar-refractivity contribution in [2.75, 3.05) is 25.1 Å². The Labute approximate surface area is 97.3 Å². The molecule has 0 aliphatic rings. The molecule has 0 saturated carbocycles. The molecule has 0 radical (unpaired) electrons. The Bertz CT molecular complexity index is 296. The highest BCUT2D eigenvalue weighted by Gasteiger charge is 2.00. The lowest BCUT2D eigenvalue weighted by Gasteiger charge is -2.08. The highest BCUT2D eigenvalue weighted by molar-refractivity contribution is 5.26. The number of hydrogen-bond acceptors (Lipinski definition) is 3. The molecular formula is C12H21N3O. The van der Waals surface area contributed by atoms with Gasteiger partial charge in [-0.15, -0.1) is 6.58 Å². The Morgan fingerprint density at radius 1 is 1.56 bits per heavy atom. The van der Waals surface area contributed by atoms with Gasteiger partial charge in [0.1, 0.15) is 0 Å². The molecule has 0 saturated heterocycles. The lowest BCUT2D eigenvalue weighted by atomic mass is 10.4. The van der Waals surface area contributed by atoms with E-state index in [2.05, 4.69) is 28.4 Å². The maximum absolute atomic E-state index is 5.51. The molecule has 1 heterocycles. The van der Waals surface area contributed by atoms with E-state index in [1.54, 1.807) is 6.20 Å². The molecule has 1 aromatic heterocycles. The van der Waals surface area contributed by atoms with Gasteiger partial charge in [0.25, 0.3) is 0 Å². The van der Waals surface area contributed by atoms with Crippen molar-refractivity contribution in [3.8, 4) is 0 Å². The number of nitrogens with zero attached hydrogens (tertiary/aromatic N) is 2. The zero-order valence-electron chi connectivity index (χ0n) is 9.98. The minimum absolute atomic E-state index is 0.730. The molecule has 0 aliphatic carbocycles. The van der Waals surface area contributed by atoms with Crippen LogP contribution in [0.2, 0.25) is 0 Å². The fourth-order valence-corrected chi connectivity index (χ4v) is 1.33. The van der Waals surface area contributed by atoms with Crippen LogP contribution in [-0.4, -0.2) is 29.3 Å². The van der Waals surface area contributed by atoms with Gasteiger partial charge in [0.2, 0.25) is 5.95 Å². The topological polar surface area (TPSA) is 39.1 Å². The molecule has 0 spiro atoms. The third kappa shape index (κ3) is 4.49. The molecule has 90 valence electrons. The second-order valence-corrected chi connectivity index (χ2v) is 3.58. The van der Waals surface area contributed by atoms with Crippen LogP contribution >= 0.6 is 0 Å². The van der Waals surface area contributed by atoms with Crippen LogP contribution in [0, 0.1) is 0 Å². The van der Waals surface area contributed by atoms with Crippen molar-refractivity contribution in [3.63, 3.8) is 0 Å². The number of anilines is 1. The molecule has 0 bridgehead atoms. The number of nitrogens with one attached hydrogen (secondary N) is 1. The van der Waals surface area contributed by atoms with Gasteiger partial charge in [-0.05, 0) is 6.42 Å². The second-order valence-electron chi connectivity index (χ2n) is 3.58. The number of hydrogen-bond donors (Lipinski definition) is 1. The predicted molar refractivity (Wildman–Crippen MR) is 66.6 cm³/mol. The lowest BCUT2D eigenvalue weighted by molar-refractivity contribution is 0.124. The van der Waals surface area contributed by atoms with Gasteiger partial charge in [-0.25, -0.2) is 4.98 Å². The summed E-state index contributed by atoms with van der Waals surface area (Å²) in [6, 6.07) is 0. The smallest absolute Gasteiger partial charge is 0.203 e. The zero-order valence-corrected chi connectivity index (χ0v) is 9.98. The molecule has 0 amide bonds. The molecule has 0 unspecified atom stereocenters. The fourth-order valence-electron chi connectivity index (χ4n) is 1.33. The molecule has 1 rings (SSSR count). The van der Waals surface area contributed by atoms with E-state index in [0.717, 1.165) is 38.7 Å². The maximum Gasteiger partial charge on any atom is 0.203 e. The summed E-state index contributed by atoms with van der Waals surface area (Å²) in [6.07, 6.45) is 7.87. The molecule has 4 heteroatoms. The van der Waals surface area contributed by atoms with E-state index in [4.69, 9.17) is 4.74 Å². The van der Waals surface area contributed by atoms with Gasteiger partial charge in [-0.3, -0.25) is 0 Å². The van der Waals surface area contributed by atoms with Crippen LogP contribution in [-0.2, 0) is 11.3 Å². The van der Waals surface area contributed by atoms with Crippen LogP contribution in [0.25, 0.3) is 0 Å². The number of aromatic nitrogens is 2. The Balaban J connectivity index is 2.24.